The molecule has 84 valence electrons. The molecule has 1 amide bonds. The van der Waals surface area contributed by atoms with Gasteiger partial charge in [0.15, 0.2) is 0 Å². The number of carbonyl (C=O) groups excluding carboxylic acids is 1. The van der Waals surface area contributed by atoms with Gasteiger partial charge in [0, 0.05) is 12.2 Å². The Balaban J connectivity index is 2.70. The summed E-state index contributed by atoms with van der Waals surface area (Å²) in [6.45, 7) is 1.75. The highest BCUT2D eigenvalue weighted by Crippen LogP contribution is 2.15. The van der Waals surface area contributed by atoms with E-state index in [4.69, 9.17) is 16.7 Å². The molecule has 0 saturated carbocycles. The van der Waals surface area contributed by atoms with E-state index in [1.54, 1.807) is 13.0 Å². The number of nitrogens with one attached hydrogen (secondary N) is 1. The molecule has 0 atom stereocenters. The predicted octanol–water partition coefficient (Wildman–Crippen LogP) is 1.62. The summed E-state index contributed by atoms with van der Waals surface area (Å²) in [4.78, 5) is 25.2. The fourth-order valence-corrected chi connectivity index (χ4v) is 1.06. The highest BCUT2D eigenvalue weighted by Gasteiger charge is 2.02. The maximum absolute atomic E-state index is 11.2. The van der Waals surface area contributed by atoms with Crippen molar-refractivity contribution in [3.05, 3.63) is 35.1 Å². The van der Waals surface area contributed by atoms with E-state index < -0.39 is 11.9 Å². The molecule has 2 N–H and O–H groups in total. The Morgan fingerprint density at radius 2 is 2.19 bits per heavy atom. The normalized spacial score (nSPS) is 10.4. The summed E-state index contributed by atoms with van der Waals surface area (Å²) in [5, 5.41) is 11.1. The molecule has 0 aliphatic rings. The zero-order valence-electron chi connectivity index (χ0n) is 8.40. The number of hydrogen-bond donors (Lipinski definition) is 2. The van der Waals surface area contributed by atoms with Gasteiger partial charge < -0.3 is 10.4 Å². The van der Waals surface area contributed by atoms with Crippen molar-refractivity contribution in [2.75, 3.05) is 5.32 Å². The lowest BCUT2D eigenvalue weighted by molar-refractivity contribution is -0.131. The molecule has 16 heavy (non-hydrogen) atoms. The number of aromatic nitrogens is 1. The first-order chi connectivity index (χ1) is 7.49. The molecule has 5 nitrogen and oxygen atoms in total. The van der Waals surface area contributed by atoms with Crippen molar-refractivity contribution in [3.8, 4) is 0 Å². The molecule has 1 aromatic heterocycles. The molecule has 0 bridgehead atoms. The van der Waals surface area contributed by atoms with Crippen LogP contribution >= 0.6 is 11.6 Å². The number of carbonyl (C=O) groups is 2. The summed E-state index contributed by atoms with van der Waals surface area (Å²) in [6, 6.07) is 1.64. The van der Waals surface area contributed by atoms with Gasteiger partial charge in [0.05, 0.1) is 11.9 Å². The van der Waals surface area contributed by atoms with Gasteiger partial charge in [0.2, 0.25) is 5.91 Å². The van der Waals surface area contributed by atoms with Gasteiger partial charge in [-0.05, 0) is 18.6 Å². The lowest BCUT2D eigenvalue weighted by atomic mass is 10.3. The van der Waals surface area contributed by atoms with Gasteiger partial charge in [0.25, 0.3) is 0 Å². The first-order valence-electron chi connectivity index (χ1n) is 4.33. The molecule has 0 aromatic carbocycles. The fraction of sp³-hybridized carbons (Fsp3) is 0.100. The number of rotatable bonds is 3. The lowest BCUT2D eigenvalue weighted by Gasteiger charge is -2.03. The SMILES string of the molecule is Cc1cc(NC(=O)/C=C/C(=O)O)cnc1Cl. The van der Waals surface area contributed by atoms with Gasteiger partial charge in [-0.1, -0.05) is 11.6 Å². The second-order valence-electron chi connectivity index (χ2n) is 2.99. The Hall–Kier alpha value is -1.88. The van der Waals surface area contributed by atoms with Crippen LogP contribution in [0.15, 0.2) is 24.4 Å². The van der Waals surface area contributed by atoms with Crippen molar-refractivity contribution in [1.29, 1.82) is 0 Å². The number of nitrogens with zero attached hydrogens (tertiary/aromatic N) is 1. The van der Waals surface area contributed by atoms with E-state index in [2.05, 4.69) is 10.3 Å². The molecular formula is C10H9ClN2O3. The van der Waals surface area contributed by atoms with E-state index >= 15 is 0 Å². The van der Waals surface area contributed by atoms with Crippen molar-refractivity contribution < 1.29 is 14.7 Å². The molecule has 1 aromatic rings. The zero-order chi connectivity index (χ0) is 12.1. The van der Waals surface area contributed by atoms with Crippen molar-refractivity contribution in [3.63, 3.8) is 0 Å². The van der Waals surface area contributed by atoms with Gasteiger partial charge in [0.1, 0.15) is 5.15 Å². The third-order valence-electron chi connectivity index (χ3n) is 1.66. The summed E-state index contributed by atoms with van der Waals surface area (Å²) in [7, 11) is 0. The number of aliphatic carboxylic acids is 1. The number of amides is 1. The van der Waals surface area contributed by atoms with E-state index in [-0.39, 0.29) is 0 Å². The van der Waals surface area contributed by atoms with Gasteiger partial charge in [-0.25, -0.2) is 9.78 Å². The van der Waals surface area contributed by atoms with Crippen molar-refractivity contribution in [2.45, 2.75) is 6.92 Å². The van der Waals surface area contributed by atoms with Crippen LogP contribution in [0, 0.1) is 6.92 Å². The molecule has 0 spiro atoms. The molecule has 0 radical (unpaired) electrons. The van der Waals surface area contributed by atoms with Crippen molar-refractivity contribution in [1.82, 2.24) is 4.98 Å². The second-order valence-corrected chi connectivity index (χ2v) is 3.35. The summed E-state index contributed by atoms with van der Waals surface area (Å²) in [5.41, 5.74) is 1.18. The van der Waals surface area contributed by atoms with Gasteiger partial charge in [-0.3, -0.25) is 4.79 Å². The molecule has 1 rings (SSSR count). The molecule has 0 fully saturated rings. The maximum atomic E-state index is 11.2. The predicted molar refractivity (Wildman–Crippen MR) is 59.4 cm³/mol. The average Bonchev–Trinajstić information content (AvgIpc) is 2.21. The molecular weight excluding hydrogens is 232 g/mol. The third-order valence-corrected chi connectivity index (χ3v) is 2.05. The number of carboxylic acids is 1. The topological polar surface area (TPSA) is 79.3 Å². The molecule has 6 heteroatoms. The monoisotopic (exact) mass is 240 g/mol. The minimum Gasteiger partial charge on any atom is -0.478 e. The zero-order valence-corrected chi connectivity index (χ0v) is 9.15. The average molecular weight is 241 g/mol. The van der Waals surface area contributed by atoms with Crippen LogP contribution in [0.1, 0.15) is 5.56 Å². The Kier molecular flexibility index (Phi) is 4.02. The highest BCUT2D eigenvalue weighted by atomic mass is 35.5. The number of anilines is 1. The number of aryl methyl sites for hydroxylation is 1. The van der Waals surface area contributed by atoms with Crippen LogP contribution in [0.4, 0.5) is 5.69 Å². The highest BCUT2D eigenvalue weighted by molar-refractivity contribution is 6.30. The number of halogens is 1. The molecule has 0 saturated heterocycles. The van der Waals surface area contributed by atoms with Gasteiger partial charge in [-0.2, -0.15) is 0 Å². The minimum atomic E-state index is -1.18. The van der Waals surface area contributed by atoms with Crippen LogP contribution in [-0.2, 0) is 9.59 Å². The van der Waals surface area contributed by atoms with E-state index in [0.717, 1.165) is 17.7 Å². The summed E-state index contributed by atoms with van der Waals surface area (Å²) >= 11 is 5.70. The third kappa shape index (κ3) is 3.70. The quantitative estimate of drug-likeness (QED) is 0.622. The largest absolute Gasteiger partial charge is 0.478 e. The Morgan fingerprint density at radius 3 is 2.75 bits per heavy atom. The van der Waals surface area contributed by atoms with Crippen LogP contribution in [0.2, 0.25) is 5.15 Å². The first kappa shape index (κ1) is 12.2. The Bertz CT molecular complexity index is 457. The van der Waals surface area contributed by atoms with Gasteiger partial charge in [-0.15, -0.1) is 0 Å². The van der Waals surface area contributed by atoms with E-state index in [0.29, 0.717) is 10.8 Å². The molecule has 0 unspecified atom stereocenters. The van der Waals surface area contributed by atoms with E-state index in [9.17, 15) is 9.59 Å². The fourth-order valence-electron chi connectivity index (χ4n) is 0.957. The minimum absolute atomic E-state index is 0.360. The van der Waals surface area contributed by atoms with E-state index in [1.165, 1.54) is 6.20 Å². The smallest absolute Gasteiger partial charge is 0.328 e. The number of pyridine rings is 1. The van der Waals surface area contributed by atoms with Gasteiger partial charge >= 0.3 is 5.97 Å². The standard InChI is InChI=1S/C10H9ClN2O3/c1-6-4-7(5-12-10(6)11)13-8(14)2-3-9(15)16/h2-5H,1H3,(H,13,14)(H,15,16)/b3-2+. The maximum Gasteiger partial charge on any atom is 0.328 e. The van der Waals surface area contributed by atoms with E-state index in [1.807, 2.05) is 0 Å². The van der Waals surface area contributed by atoms with Crippen molar-refractivity contribution >= 4 is 29.2 Å². The number of hydrogen-bond acceptors (Lipinski definition) is 3. The summed E-state index contributed by atoms with van der Waals surface area (Å²) < 4.78 is 0. The summed E-state index contributed by atoms with van der Waals surface area (Å²) in [6.07, 6.45) is 3.07. The van der Waals surface area contributed by atoms with Crippen LogP contribution < -0.4 is 5.32 Å². The first-order valence-corrected chi connectivity index (χ1v) is 4.71. The summed E-state index contributed by atoms with van der Waals surface area (Å²) in [5.74, 6) is -1.72. The Morgan fingerprint density at radius 1 is 1.50 bits per heavy atom. The lowest BCUT2D eigenvalue weighted by Crippen LogP contribution is -2.09. The van der Waals surface area contributed by atoms with Crippen LogP contribution in [0.3, 0.4) is 0 Å². The second kappa shape index (κ2) is 5.27. The Labute approximate surface area is 96.8 Å². The molecule has 0 aliphatic heterocycles. The van der Waals surface area contributed by atoms with Crippen LogP contribution in [-0.4, -0.2) is 22.0 Å². The van der Waals surface area contributed by atoms with Crippen LogP contribution in [0.5, 0.6) is 0 Å². The molecule has 0 aliphatic carbocycles. The molecule has 1 heterocycles. The number of carboxylic acid groups (broad SMARTS) is 1. The van der Waals surface area contributed by atoms with Crippen LogP contribution in [0.25, 0.3) is 0 Å². The van der Waals surface area contributed by atoms with Crippen molar-refractivity contribution in [2.24, 2.45) is 0 Å².